The highest BCUT2D eigenvalue weighted by Gasteiger charge is 2.02. The molecule has 15 heavy (non-hydrogen) atoms. The van der Waals surface area contributed by atoms with Gasteiger partial charge in [0.25, 0.3) is 0 Å². The molecule has 0 aliphatic carbocycles. The van der Waals surface area contributed by atoms with Crippen LogP contribution in [0.4, 0.5) is 4.79 Å². The minimum absolute atomic E-state index is 0.463. The molecule has 0 radical (unpaired) electrons. The summed E-state index contributed by atoms with van der Waals surface area (Å²) in [5.41, 5.74) is 5.28. The highest BCUT2D eigenvalue weighted by atomic mass is 35.5. The molecular weight excluding hydrogens is 216 g/mol. The van der Waals surface area contributed by atoms with E-state index in [1.807, 2.05) is 0 Å². The second kappa shape index (κ2) is 6.27. The van der Waals surface area contributed by atoms with Crippen LogP contribution in [0.1, 0.15) is 6.42 Å². The number of rotatable bonds is 4. The normalized spacial score (nSPS) is 9.73. The molecule has 1 amide bonds. The minimum Gasteiger partial charge on any atom is -0.410 e. The number of carbonyl (C=O) groups is 1. The fourth-order valence-electron chi connectivity index (χ4n) is 0.938. The number of carbonyl (C=O) groups excluding carboxylic acids is 1. The van der Waals surface area contributed by atoms with Gasteiger partial charge < -0.3 is 15.8 Å². The molecule has 0 heterocycles. The van der Waals surface area contributed by atoms with Crippen molar-refractivity contribution >= 4 is 17.7 Å². The molecule has 0 fully saturated rings. The van der Waals surface area contributed by atoms with E-state index in [-0.39, 0.29) is 0 Å². The lowest BCUT2D eigenvalue weighted by Crippen LogP contribution is -2.28. The van der Waals surface area contributed by atoms with Gasteiger partial charge in [0.2, 0.25) is 0 Å². The van der Waals surface area contributed by atoms with Crippen LogP contribution < -0.4 is 15.8 Å². The van der Waals surface area contributed by atoms with Gasteiger partial charge in [0.05, 0.1) is 0 Å². The average Bonchev–Trinajstić information content (AvgIpc) is 2.22. The maximum absolute atomic E-state index is 11.2. The molecule has 0 saturated carbocycles. The van der Waals surface area contributed by atoms with Crippen molar-refractivity contribution in [3.8, 4) is 5.75 Å². The molecule has 0 bridgehead atoms. The van der Waals surface area contributed by atoms with Crippen LogP contribution in [-0.2, 0) is 0 Å². The second-order valence-corrected chi connectivity index (χ2v) is 3.35. The predicted octanol–water partition coefficient (Wildman–Crippen LogP) is 1.78. The van der Waals surface area contributed by atoms with Crippen molar-refractivity contribution < 1.29 is 9.53 Å². The monoisotopic (exact) mass is 228 g/mol. The third-order valence-electron chi connectivity index (χ3n) is 1.67. The first-order valence-corrected chi connectivity index (χ1v) is 5.01. The molecule has 0 aliphatic rings. The number of hydrogen-bond donors (Lipinski definition) is 2. The van der Waals surface area contributed by atoms with Gasteiger partial charge in [0.15, 0.2) is 0 Å². The van der Waals surface area contributed by atoms with Crippen molar-refractivity contribution in [2.24, 2.45) is 5.73 Å². The van der Waals surface area contributed by atoms with E-state index in [9.17, 15) is 4.79 Å². The van der Waals surface area contributed by atoms with Gasteiger partial charge in [-0.1, -0.05) is 11.6 Å². The molecule has 0 aromatic heterocycles. The standard InChI is InChI=1S/C10H13ClN2O2/c11-8-2-4-9(5-3-8)15-10(14)13-7-1-6-12/h2-5H,1,6-7,12H2,(H,13,14). The summed E-state index contributed by atoms with van der Waals surface area (Å²) in [5.74, 6) is 0.463. The summed E-state index contributed by atoms with van der Waals surface area (Å²) in [4.78, 5) is 11.2. The van der Waals surface area contributed by atoms with Crippen molar-refractivity contribution in [2.45, 2.75) is 6.42 Å². The quantitative estimate of drug-likeness (QED) is 0.772. The van der Waals surface area contributed by atoms with Gasteiger partial charge in [-0.15, -0.1) is 0 Å². The molecule has 1 rings (SSSR count). The Morgan fingerprint density at radius 2 is 2.07 bits per heavy atom. The van der Waals surface area contributed by atoms with Gasteiger partial charge in [-0.3, -0.25) is 0 Å². The summed E-state index contributed by atoms with van der Waals surface area (Å²) in [6.07, 6.45) is 0.251. The van der Waals surface area contributed by atoms with E-state index in [2.05, 4.69) is 5.32 Å². The van der Waals surface area contributed by atoms with E-state index in [1.54, 1.807) is 24.3 Å². The van der Waals surface area contributed by atoms with Gasteiger partial charge >= 0.3 is 6.09 Å². The Bertz CT molecular complexity index is 314. The minimum atomic E-state index is -0.481. The fraction of sp³-hybridized carbons (Fsp3) is 0.300. The van der Waals surface area contributed by atoms with E-state index in [4.69, 9.17) is 22.1 Å². The first kappa shape index (κ1) is 11.8. The molecule has 0 aliphatic heterocycles. The van der Waals surface area contributed by atoms with Crippen LogP contribution in [0, 0.1) is 0 Å². The summed E-state index contributed by atoms with van der Waals surface area (Å²) in [7, 11) is 0. The van der Waals surface area contributed by atoms with Gasteiger partial charge in [0.1, 0.15) is 5.75 Å². The Morgan fingerprint density at radius 3 is 2.67 bits per heavy atom. The van der Waals surface area contributed by atoms with Crippen LogP contribution in [0.5, 0.6) is 5.75 Å². The lowest BCUT2D eigenvalue weighted by atomic mass is 10.3. The van der Waals surface area contributed by atoms with Crippen molar-refractivity contribution in [3.05, 3.63) is 29.3 Å². The topological polar surface area (TPSA) is 64.3 Å². The van der Waals surface area contributed by atoms with Crippen molar-refractivity contribution in [3.63, 3.8) is 0 Å². The summed E-state index contributed by atoms with van der Waals surface area (Å²) in [6, 6.07) is 6.57. The van der Waals surface area contributed by atoms with Gasteiger partial charge in [-0.05, 0) is 37.2 Å². The van der Waals surface area contributed by atoms with Crippen LogP contribution in [0.25, 0.3) is 0 Å². The zero-order valence-electron chi connectivity index (χ0n) is 8.20. The van der Waals surface area contributed by atoms with Crippen molar-refractivity contribution in [2.75, 3.05) is 13.1 Å². The number of ether oxygens (including phenoxy) is 1. The van der Waals surface area contributed by atoms with E-state index < -0.39 is 6.09 Å². The Kier molecular flexibility index (Phi) is 4.93. The lowest BCUT2D eigenvalue weighted by Gasteiger charge is -2.05. The van der Waals surface area contributed by atoms with E-state index >= 15 is 0 Å². The Morgan fingerprint density at radius 1 is 1.40 bits per heavy atom. The van der Waals surface area contributed by atoms with Crippen LogP contribution in [-0.4, -0.2) is 19.2 Å². The molecule has 82 valence electrons. The maximum atomic E-state index is 11.2. The molecule has 0 saturated heterocycles. The van der Waals surface area contributed by atoms with E-state index in [1.165, 1.54) is 0 Å². The van der Waals surface area contributed by atoms with Crippen molar-refractivity contribution in [1.82, 2.24) is 5.32 Å². The summed E-state index contributed by atoms with van der Waals surface area (Å²) in [6.45, 7) is 1.06. The summed E-state index contributed by atoms with van der Waals surface area (Å²) < 4.78 is 4.97. The third-order valence-corrected chi connectivity index (χ3v) is 1.93. The molecule has 4 nitrogen and oxygen atoms in total. The van der Waals surface area contributed by atoms with Crippen LogP contribution in [0.2, 0.25) is 5.02 Å². The molecule has 1 aromatic rings. The molecular formula is C10H13ClN2O2. The van der Waals surface area contributed by atoms with E-state index in [0.717, 1.165) is 6.42 Å². The van der Waals surface area contributed by atoms with Gasteiger partial charge in [-0.2, -0.15) is 0 Å². The SMILES string of the molecule is NCCCNC(=O)Oc1ccc(Cl)cc1. The van der Waals surface area contributed by atoms with Crippen LogP contribution in [0.3, 0.4) is 0 Å². The Hall–Kier alpha value is -1.26. The Labute approximate surface area is 93.4 Å². The molecule has 0 spiro atoms. The molecule has 3 N–H and O–H groups in total. The third kappa shape index (κ3) is 4.67. The molecule has 5 heteroatoms. The van der Waals surface area contributed by atoms with E-state index in [0.29, 0.717) is 23.9 Å². The first-order chi connectivity index (χ1) is 7.22. The molecule has 0 atom stereocenters. The largest absolute Gasteiger partial charge is 0.412 e. The first-order valence-electron chi connectivity index (χ1n) is 4.63. The zero-order chi connectivity index (χ0) is 11.1. The lowest BCUT2D eigenvalue weighted by molar-refractivity contribution is 0.200. The van der Waals surface area contributed by atoms with Crippen molar-refractivity contribution in [1.29, 1.82) is 0 Å². The smallest absolute Gasteiger partial charge is 0.410 e. The number of nitrogens with one attached hydrogen (secondary N) is 1. The van der Waals surface area contributed by atoms with Crippen LogP contribution >= 0.6 is 11.6 Å². The second-order valence-electron chi connectivity index (χ2n) is 2.91. The maximum Gasteiger partial charge on any atom is 0.412 e. The average molecular weight is 229 g/mol. The zero-order valence-corrected chi connectivity index (χ0v) is 8.96. The highest BCUT2D eigenvalue weighted by molar-refractivity contribution is 6.30. The number of halogens is 1. The Balaban J connectivity index is 2.34. The summed E-state index contributed by atoms with van der Waals surface area (Å²) in [5, 5.41) is 3.18. The highest BCUT2D eigenvalue weighted by Crippen LogP contribution is 2.15. The number of amides is 1. The number of hydrogen-bond acceptors (Lipinski definition) is 3. The predicted molar refractivity (Wildman–Crippen MR) is 59.2 cm³/mol. The fourth-order valence-corrected chi connectivity index (χ4v) is 1.06. The number of nitrogens with two attached hydrogens (primary N) is 1. The van der Waals surface area contributed by atoms with Gasteiger partial charge in [-0.25, -0.2) is 4.79 Å². The number of benzene rings is 1. The van der Waals surface area contributed by atoms with Gasteiger partial charge in [0, 0.05) is 11.6 Å². The molecule has 0 unspecified atom stereocenters. The summed E-state index contributed by atoms with van der Waals surface area (Å²) >= 11 is 5.68. The molecule has 1 aromatic carbocycles. The van der Waals surface area contributed by atoms with Crippen LogP contribution in [0.15, 0.2) is 24.3 Å².